The van der Waals surface area contributed by atoms with Crippen LogP contribution in [0.15, 0.2) is 18.7 Å². The highest BCUT2D eigenvalue weighted by molar-refractivity contribution is 5.57. The van der Waals surface area contributed by atoms with Gasteiger partial charge in [-0.3, -0.25) is 0 Å². The fourth-order valence-electron chi connectivity index (χ4n) is 1.30. The zero-order valence-corrected chi connectivity index (χ0v) is 6.57. The molecule has 2 heterocycles. The Kier molecular flexibility index (Phi) is 1.18. The number of fused-ring (bicyclic) bond motifs is 1. The molecule has 0 amide bonds. The first-order valence-electron chi connectivity index (χ1n) is 3.53. The maximum atomic E-state index is 4.13. The monoisotopic (exact) mass is 147 g/mol. The van der Waals surface area contributed by atoms with Crippen LogP contribution in [0.25, 0.3) is 5.52 Å². The molecule has 56 valence electrons. The van der Waals surface area contributed by atoms with Gasteiger partial charge in [0.05, 0.1) is 11.7 Å². The second kappa shape index (κ2) is 2.05. The molecule has 3 nitrogen and oxygen atoms in total. The molecule has 0 fully saturated rings. The van der Waals surface area contributed by atoms with Gasteiger partial charge in [0.2, 0.25) is 0 Å². The van der Waals surface area contributed by atoms with Crippen LogP contribution in [0.5, 0.6) is 0 Å². The quantitative estimate of drug-likeness (QED) is 0.563. The molecule has 3 heteroatoms. The van der Waals surface area contributed by atoms with Gasteiger partial charge in [-0.2, -0.15) is 5.10 Å². The first-order valence-corrected chi connectivity index (χ1v) is 3.53. The molecule has 0 aliphatic carbocycles. The SMILES string of the molecule is Cc1cncn2ncc(C)c12. The number of nitrogens with zero attached hydrogens (tertiary/aromatic N) is 3. The van der Waals surface area contributed by atoms with Crippen LogP contribution in [0.1, 0.15) is 11.1 Å². The van der Waals surface area contributed by atoms with Crippen LogP contribution in [0.2, 0.25) is 0 Å². The number of rotatable bonds is 0. The van der Waals surface area contributed by atoms with Gasteiger partial charge in [0.1, 0.15) is 6.33 Å². The summed E-state index contributed by atoms with van der Waals surface area (Å²) in [6.45, 7) is 4.09. The van der Waals surface area contributed by atoms with Gasteiger partial charge in [0.15, 0.2) is 0 Å². The molecule has 0 N–H and O–H groups in total. The predicted octanol–water partition coefficient (Wildman–Crippen LogP) is 1.35. The molecule has 0 saturated heterocycles. The van der Waals surface area contributed by atoms with E-state index in [0.29, 0.717) is 0 Å². The van der Waals surface area contributed by atoms with Crippen molar-refractivity contribution in [2.75, 3.05) is 0 Å². The van der Waals surface area contributed by atoms with Crippen LogP contribution < -0.4 is 0 Å². The summed E-state index contributed by atoms with van der Waals surface area (Å²) in [5.41, 5.74) is 3.53. The molecule has 0 saturated carbocycles. The molecule has 2 aromatic heterocycles. The van der Waals surface area contributed by atoms with E-state index in [9.17, 15) is 0 Å². The summed E-state index contributed by atoms with van der Waals surface area (Å²) >= 11 is 0. The molecular weight excluding hydrogens is 138 g/mol. The van der Waals surface area contributed by atoms with E-state index in [1.54, 1.807) is 10.8 Å². The topological polar surface area (TPSA) is 30.2 Å². The third kappa shape index (κ3) is 0.808. The average Bonchev–Trinajstić information content (AvgIpc) is 2.34. The zero-order valence-electron chi connectivity index (χ0n) is 6.57. The van der Waals surface area contributed by atoms with Crippen molar-refractivity contribution in [1.82, 2.24) is 14.6 Å². The maximum Gasteiger partial charge on any atom is 0.117 e. The minimum Gasteiger partial charge on any atom is -0.244 e. The Bertz CT molecular complexity index is 389. The Morgan fingerprint density at radius 2 is 1.91 bits per heavy atom. The summed E-state index contributed by atoms with van der Waals surface area (Å²) in [7, 11) is 0. The largest absolute Gasteiger partial charge is 0.244 e. The van der Waals surface area contributed by atoms with Crippen molar-refractivity contribution in [2.45, 2.75) is 13.8 Å². The highest BCUT2D eigenvalue weighted by Gasteiger charge is 2.00. The van der Waals surface area contributed by atoms with Crippen LogP contribution in [0.4, 0.5) is 0 Å². The van der Waals surface area contributed by atoms with Gasteiger partial charge in [0, 0.05) is 6.20 Å². The highest BCUT2D eigenvalue weighted by Crippen LogP contribution is 2.11. The molecule has 0 spiro atoms. The first-order chi connectivity index (χ1) is 5.29. The minimum absolute atomic E-state index is 1.17. The van der Waals surface area contributed by atoms with Gasteiger partial charge in [-0.25, -0.2) is 9.50 Å². The average molecular weight is 147 g/mol. The second-order valence-corrected chi connectivity index (χ2v) is 2.70. The van der Waals surface area contributed by atoms with E-state index in [1.807, 2.05) is 19.3 Å². The number of hydrogen-bond acceptors (Lipinski definition) is 2. The molecular formula is C8H9N3. The Hall–Kier alpha value is -1.38. The lowest BCUT2D eigenvalue weighted by Crippen LogP contribution is -1.90. The van der Waals surface area contributed by atoms with Gasteiger partial charge < -0.3 is 0 Å². The summed E-state index contributed by atoms with van der Waals surface area (Å²) in [5.74, 6) is 0. The molecule has 2 aromatic rings. The van der Waals surface area contributed by atoms with E-state index in [2.05, 4.69) is 17.0 Å². The normalized spacial score (nSPS) is 10.7. The summed E-state index contributed by atoms with van der Waals surface area (Å²) < 4.78 is 1.80. The van der Waals surface area contributed by atoms with Crippen LogP contribution >= 0.6 is 0 Å². The zero-order chi connectivity index (χ0) is 7.84. The van der Waals surface area contributed by atoms with Crippen LogP contribution in [-0.4, -0.2) is 14.6 Å². The van der Waals surface area contributed by atoms with Crippen molar-refractivity contribution >= 4 is 5.52 Å². The van der Waals surface area contributed by atoms with E-state index in [4.69, 9.17) is 0 Å². The molecule has 0 bridgehead atoms. The van der Waals surface area contributed by atoms with E-state index < -0.39 is 0 Å². The molecule has 2 rings (SSSR count). The summed E-state index contributed by atoms with van der Waals surface area (Å²) in [5, 5.41) is 4.13. The van der Waals surface area contributed by atoms with Gasteiger partial charge in [-0.1, -0.05) is 0 Å². The summed E-state index contributed by atoms with van der Waals surface area (Å²) in [4.78, 5) is 4.03. The molecule has 0 aliphatic rings. The van der Waals surface area contributed by atoms with Crippen molar-refractivity contribution < 1.29 is 0 Å². The lowest BCUT2D eigenvalue weighted by molar-refractivity contribution is 0.914. The molecule has 11 heavy (non-hydrogen) atoms. The predicted molar refractivity (Wildman–Crippen MR) is 42.5 cm³/mol. The standard InChI is InChI=1S/C8H9N3/c1-6-3-9-5-11-8(6)7(2)4-10-11/h3-5H,1-2H3. The van der Waals surface area contributed by atoms with Gasteiger partial charge in [-0.05, 0) is 25.0 Å². The molecule has 0 unspecified atom stereocenters. The van der Waals surface area contributed by atoms with Crippen LogP contribution in [0.3, 0.4) is 0 Å². The third-order valence-corrected chi connectivity index (χ3v) is 1.80. The van der Waals surface area contributed by atoms with Crippen molar-refractivity contribution in [2.24, 2.45) is 0 Å². The smallest absolute Gasteiger partial charge is 0.117 e. The molecule has 0 atom stereocenters. The van der Waals surface area contributed by atoms with Crippen LogP contribution in [-0.2, 0) is 0 Å². The fraction of sp³-hybridized carbons (Fsp3) is 0.250. The minimum atomic E-state index is 1.17. The first kappa shape index (κ1) is 6.34. The summed E-state index contributed by atoms with van der Waals surface area (Å²) in [6, 6.07) is 0. The highest BCUT2D eigenvalue weighted by atomic mass is 15.2. The Labute approximate surface area is 64.7 Å². The van der Waals surface area contributed by atoms with Crippen molar-refractivity contribution in [3.63, 3.8) is 0 Å². The van der Waals surface area contributed by atoms with Crippen molar-refractivity contribution in [3.05, 3.63) is 29.8 Å². The molecule has 0 aliphatic heterocycles. The number of aromatic nitrogens is 3. The summed E-state index contributed by atoms with van der Waals surface area (Å²) in [6.07, 6.45) is 5.42. The number of hydrogen-bond donors (Lipinski definition) is 0. The van der Waals surface area contributed by atoms with Crippen molar-refractivity contribution in [3.8, 4) is 0 Å². The van der Waals surface area contributed by atoms with Gasteiger partial charge in [-0.15, -0.1) is 0 Å². The van der Waals surface area contributed by atoms with Crippen LogP contribution in [0, 0.1) is 13.8 Å². The fourth-order valence-corrected chi connectivity index (χ4v) is 1.30. The van der Waals surface area contributed by atoms with E-state index in [0.717, 1.165) is 0 Å². The van der Waals surface area contributed by atoms with E-state index >= 15 is 0 Å². The lowest BCUT2D eigenvalue weighted by Gasteiger charge is -1.95. The number of aryl methyl sites for hydroxylation is 2. The van der Waals surface area contributed by atoms with E-state index in [-0.39, 0.29) is 0 Å². The lowest BCUT2D eigenvalue weighted by atomic mass is 10.2. The van der Waals surface area contributed by atoms with Gasteiger partial charge >= 0.3 is 0 Å². The Balaban J connectivity index is 2.96. The van der Waals surface area contributed by atoms with E-state index in [1.165, 1.54) is 16.6 Å². The Morgan fingerprint density at radius 3 is 2.64 bits per heavy atom. The molecule has 0 radical (unpaired) electrons. The van der Waals surface area contributed by atoms with Gasteiger partial charge in [0.25, 0.3) is 0 Å². The molecule has 0 aromatic carbocycles. The Morgan fingerprint density at radius 1 is 1.18 bits per heavy atom. The van der Waals surface area contributed by atoms with Crippen molar-refractivity contribution in [1.29, 1.82) is 0 Å². The third-order valence-electron chi connectivity index (χ3n) is 1.80. The maximum absolute atomic E-state index is 4.13. The second-order valence-electron chi connectivity index (χ2n) is 2.70.